The second-order valence-electron chi connectivity index (χ2n) is 6.38. The summed E-state index contributed by atoms with van der Waals surface area (Å²) in [6.07, 6.45) is 0. The van der Waals surface area contributed by atoms with E-state index in [0.29, 0.717) is 28.2 Å². The van der Waals surface area contributed by atoms with E-state index in [2.05, 4.69) is 10.3 Å². The van der Waals surface area contributed by atoms with Crippen molar-refractivity contribution in [2.45, 2.75) is 33.4 Å². The Hall–Kier alpha value is -2.61. The molecular formula is C18H25N3O5. The van der Waals surface area contributed by atoms with E-state index in [1.807, 2.05) is 13.8 Å². The molecule has 0 unspecified atom stereocenters. The molecule has 1 atom stereocenters. The smallest absolute Gasteiger partial charge is 0.262 e. The van der Waals surface area contributed by atoms with Crippen LogP contribution in [0.25, 0.3) is 10.9 Å². The van der Waals surface area contributed by atoms with Crippen LogP contribution in [-0.2, 0) is 11.3 Å². The van der Waals surface area contributed by atoms with Crippen molar-refractivity contribution >= 4 is 16.8 Å². The molecule has 1 heterocycles. The number of aryl methyl sites for hydroxylation is 1. The minimum Gasteiger partial charge on any atom is -0.493 e. The third kappa shape index (κ3) is 3.96. The van der Waals surface area contributed by atoms with Crippen LogP contribution in [0.5, 0.6) is 11.5 Å². The Balaban J connectivity index is 2.42. The highest BCUT2D eigenvalue weighted by molar-refractivity contribution is 5.82. The lowest BCUT2D eigenvalue weighted by Crippen LogP contribution is -2.44. The minimum atomic E-state index is -0.365. The number of nitrogens with one attached hydrogen (secondary N) is 1. The predicted molar refractivity (Wildman–Crippen MR) is 97.7 cm³/mol. The highest BCUT2D eigenvalue weighted by Crippen LogP contribution is 2.30. The molecule has 0 spiro atoms. The van der Waals surface area contributed by atoms with Gasteiger partial charge >= 0.3 is 0 Å². The monoisotopic (exact) mass is 363 g/mol. The molecule has 1 amide bonds. The predicted octanol–water partition coefficient (Wildman–Crippen LogP) is 0.855. The highest BCUT2D eigenvalue weighted by Gasteiger charge is 2.18. The molecule has 1 aromatic heterocycles. The van der Waals surface area contributed by atoms with Crippen LogP contribution in [-0.4, -0.2) is 47.4 Å². The Labute approximate surface area is 151 Å². The first-order chi connectivity index (χ1) is 12.3. The van der Waals surface area contributed by atoms with E-state index in [1.54, 1.807) is 19.1 Å². The number of benzene rings is 1. The minimum absolute atomic E-state index is 0.0771. The Bertz CT molecular complexity index is 860. The van der Waals surface area contributed by atoms with Gasteiger partial charge in [-0.2, -0.15) is 0 Å². The maximum Gasteiger partial charge on any atom is 0.262 e. The van der Waals surface area contributed by atoms with Gasteiger partial charge in [0.2, 0.25) is 5.91 Å². The lowest BCUT2D eigenvalue weighted by molar-refractivity contribution is -0.123. The molecule has 8 nitrogen and oxygen atoms in total. The van der Waals surface area contributed by atoms with E-state index in [4.69, 9.17) is 9.47 Å². The first-order valence-corrected chi connectivity index (χ1v) is 8.35. The number of aliphatic hydroxyl groups excluding tert-OH is 1. The molecule has 142 valence electrons. The van der Waals surface area contributed by atoms with Crippen LogP contribution in [0, 0.1) is 12.8 Å². The van der Waals surface area contributed by atoms with E-state index < -0.39 is 0 Å². The number of hydrogen-bond acceptors (Lipinski definition) is 6. The highest BCUT2D eigenvalue weighted by atomic mass is 16.5. The maximum absolute atomic E-state index is 12.8. The molecule has 0 radical (unpaired) electrons. The fraction of sp³-hybridized carbons (Fsp3) is 0.500. The first kappa shape index (κ1) is 19.7. The molecule has 0 aliphatic heterocycles. The van der Waals surface area contributed by atoms with Gasteiger partial charge in [0.25, 0.3) is 5.56 Å². The number of rotatable bonds is 7. The van der Waals surface area contributed by atoms with Crippen molar-refractivity contribution < 1.29 is 19.4 Å². The van der Waals surface area contributed by atoms with Crippen molar-refractivity contribution in [1.82, 2.24) is 14.9 Å². The van der Waals surface area contributed by atoms with Crippen molar-refractivity contribution in [3.8, 4) is 11.5 Å². The van der Waals surface area contributed by atoms with Gasteiger partial charge in [-0.25, -0.2) is 4.98 Å². The van der Waals surface area contributed by atoms with Crippen molar-refractivity contribution in [2.24, 2.45) is 5.92 Å². The number of hydrogen-bond donors (Lipinski definition) is 2. The van der Waals surface area contributed by atoms with E-state index in [9.17, 15) is 14.7 Å². The van der Waals surface area contributed by atoms with Gasteiger partial charge in [0.1, 0.15) is 12.4 Å². The quantitative estimate of drug-likeness (QED) is 0.756. The molecular weight excluding hydrogens is 338 g/mol. The van der Waals surface area contributed by atoms with Gasteiger partial charge < -0.3 is 19.9 Å². The molecule has 0 aliphatic carbocycles. The zero-order valence-electron chi connectivity index (χ0n) is 15.7. The molecule has 0 saturated carbocycles. The third-order valence-electron chi connectivity index (χ3n) is 4.30. The van der Waals surface area contributed by atoms with E-state index in [-0.39, 0.29) is 36.6 Å². The number of methoxy groups -OCH3 is 2. The molecule has 2 N–H and O–H groups in total. The van der Waals surface area contributed by atoms with Crippen LogP contribution in [0.3, 0.4) is 0 Å². The summed E-state index contributed by atoms with van der Waals surface area (Å²) < 4.78 is 11.8. The maximum atomic E-state index is 12.8. The lowest BCUT2D eigenvalue weighted by atomic mass is 10.1. The summed E-state index contributed by atoms with van der Waals surface area (Å²) in [5.41, 5.74) is 0.130. The normalized spacial score (nSPS) is 12.3. The number of nitrogens with zero attached hydrogens (tertiary/aromatic N) is 2. The molecule has 1 aromatic carbocycles. The number of amides is 1. The summed E-state index contributed by atoms with van der Waals surface area (Å²) in [6, 6.07) is 2.83. The van der Waals surface area contributed by atoms with Crippen molar-refractivity contribution in [2.75, 3.05) is 20.8 Å². The fourth-order valence-electron chi connectivity index (χ4n) is 2.66. The Morgan fingerprint density at radius 1 is 1.27 bits per heavy atom. The Morgan fingerprint density at radius 3 is 2.42 bits per heavy atom. The molecule has 26 heavy (non-hydrogen) atoms. The van der Waals surface area contributed by atoms with Gasteiger partial charge in [-0.05, 0) is 18.9 Å². The molecule has 0 bridgehead atoms. The molecule has 2 rings (SSSR count). The Morgan fingerprint density at radius 2 is 1.88 bits per heavy atom. The van der Waals surface area contributed by atoms with Crippen LogP contribution in [0.2, 0.25) is 0 Å². The van der Waals surface area contributed by atoms with Crippen LogP contribution in [0.4, 0.5) is 0 Å². The molecule has 0 saturated heterocycles. The number of aromatic nitrogens is 2. The zero-order valence-corrected chi connectivity index (χ0v) is 15.7. The summed E-state index contributed by atoms with van der Waals surface area (Å²) in [5, 5.41) is 12.4. The van der Waals surface area contributed by atoms with Gasteiger partial charge in [0.05, 0.1) is 37.8 Å². The number of fused-ring (bicyclic) bond motifs is 1. The summed E-state index contributed by atoms with van der Waals surface area (Å²) in [4.78, 5) is 29.5. The SMILES string of the molecule is COc1cc2nc(C)n(CC(=O)N[C@@H](CO)C(C)C)c(=O)c2cc1OC. The summed E-state index contributed by atoms with van der Waals surface area (Å²) in [5.74, 6) is 1.02. The molecule has 2 aromatic rings. The second kappa shape index (κ2) is 8.18. The number of aliphatic hydroxyl groups is 1. The average molecular weight is 363 g/mol. The van der Waals surface area contributed by atoms with Crippen molar-refractivity contribution in [3.05, 3.63) is 28.3 Å². The van der Waals surface area contributed by atoms with Gasteiger partial charge in [0, 0.05) is 6.07 Å². The first-order valence-electron chi connectivity index (χ1n) is 8.35. The number of carbonyl (C=O) groups excluding carboxylic acids is 1. The van der Waals surface area contributed by atoms with Crippen LogP contribution >= 0.6 is 0 Å². The molecule has 0 aliphatic rings. The third-order valence-corrected chi connectivity index (χ3v) is 4.30. The zero-order chi connectivity index (χ0) is 19.4. The lowest BCUT2D eigenvalue weighted by Gasteiger charge is -2.20. The second-order valence-corrected chi connectivity index (χ2v) is 6.38. The van der Waals surface area contributed by atoms with Crippen LogP contribution in [0.1, 0.15) is 19.7 Å². The average Bonchev–Trinajstić information content (AvgIpc) is 2.61. The largest absolute Gasteiger partial charge is 0.493 e. The van der Waals surface area contributed by atoms with Gasteiger partial charge in [-0.1, -0.05) is 13.8 Å². The molecule has 0 fully saturated rings. The number of ether oxygens (including phenoxy) is 2. The summed E-state index contributed by atoms with van der Waals surface area (Å²) >= 11 is 0. The summed E-state index contributed by atoms with van der Waals surface area (Å²) in [7, 11) is 2.99. The van der Waals surface area contributed by atoms with E-state index in [0.717, 1.165) is 0 Å². The van der Waals surface area contributed by atoms with Crippen LogP contribution in [0.15, 0.2) is 16.9 Å². The van der Waals surface area contributed by atoms with E-state index >= 15 is 0 Å². The standard InChI is InChI=1S/C18H25N3O5/c1-10(2)14(9-22)20-17(23)8-21-11(3)19-13-7-16(26-5)15(25-4)6-12(13)18(21)24/h6-7,10,14,22H,8-9H2,1-5H3,(H,20,23)/t14-/m0/s1. The van der Waals surface area contributed by atoms with E-state index in [1.165, 1.54) is 18.8 Å². The summed E-state index contributed by atoms with van der Waals surface area (Å²) in [6.45, 7) is 5.12. The molecule has 8 heteroatoms. The van der Waals surface area contributed by atoms with Gasteiger partial charge in [-0.15, -0.1) is 0 Å². The Kier molecular flexibility index (Phi) is 6.20. The number of carbonyl (C=O) groups is 1. The topological polar surface area (TPSA) is 103 Å². The van der Waals surface area contributed by atoms with Gasteiger partial charge in [0.15, 0.2) is 11.5 Å². The van der Waals surface area contributed by atoms with Gasteiger partial charge in [-0.3, -0.25) is 14.2 Å². The van der Waals surface area contributed by atoms with Crippen molar-refractivity contribution in [3.63, 3.8) is 0 Å². The van der Waals surface area contributed by atoms with Crippen LogP contribution < -0.4 is 20.3 Å². The fourth-order valence-corrected chi connectivity index (χ4v) is 2.66. The van der Waals surface area contributed by atoms with Crippen molar-refractivity contribution in [1.29, 1.82) is 0 Å².